The first-order chi connectivity index (χ1) is 16.0. The molecule has 0 saturated carbocycles. The maximum Gasteiger partial charge on any atom is 0.145 e. The minimum absolute atomic E-state index is 0.243. The molecule has 1 fully saturated rings. The minimum Gasteiger partial charge on any atom is -0.497 e. The van der Waals surface area contributed by atoms with Gasteiger partial charge in [-0.1, -0.05) is 12.2 Å². The van der Waals surface area contributed by atoms with Gasteiger partial charge in [0.15, 0.2) is 0 Å². The highest BCUT2D eigenvalue weighted by molar-refractivity contribution is 5.83. The number of aryl methyl sites for hydroxylation is 1. The van der Waals surface area contributed by atoms with Gasteiger partial charge in [0.1, 0.15) is 23.2 Å². The Bertz CT molecular complexity index is 1130. The highest BCUT2D eigenvalue weighted by Gasteiger charge is 2.20. The third kappa shape index (κ3) is 5.92. The van der Waals surface area contributed by atoms with Gasteiger partial charge < -0.3 is 15.4 Å². The molecular weight excluding hydrogens is 427 g/mol. The zero-order valence-electron chi connectivity index (χ0n) is 18.6. The number of hydrogen-bond donors (Lipinski definition) is 2. The molecule has 3 aromatic rings. The van der Waals surface area contributed by atoms with Crippen LogP contribution < -0.4 is 15.4 Å². The van der Waals surface area contributed by atoms with E-state index in [1.807, 2.05) is 18.2 Å². The molecule has 2 unspecified atom stereocenters. The van der Waals surface area contributed by atoms with E-state index in [-0.39, 0.29) is 11.4 Å². The van der Waals surface area contributed by atoms with Crippen LogP contribution in [0.4, 0.5) is 13.2 Å². The molecule has 7 heteroatoms. The molecule has 174 valence electrons. The van der Waals surface area contributed by atoms with Crippen LogP contribution in [0.15, 0.2) is 48.7 Å². The van der Waals surface area contributed by atoms with E-state index in [2.05, 4.69) is 15.6 Å². The van der Waals surface area contributed by atoms with Crippen molar-refractivity contribution in [2.24, 2.45) is 0 Å². The maximum absolute atomic E-state index is 14.5. The Morgan fingerprint density at radius 3 is 2.79 bits per heavy atom. The first kappa shape index (κ1) is 23.3. The third-order valence-electron chi connectivity index (χ3n) is 6.17. The van der Waals surface area contributed by atoms with Crippen molar-refractivity contribution in [3.63, 3.8) is 0 Å². The number of benzene rings is 2. The van der Waals surface area contributed by atoms with E-state index in [0.717, 1.165) is 48.8 Å². The number of nitrogens with one attached hydrogen (secondary N) is 2. The van der Waals surface area contributed by atoms with Crippen LogP contribution in [0.3, 0.4) is 0 Å². The van der Waals surface area contributed by atoms with Gasteiger partial charge in [-0.15, -0.1) is 0 Å². The average molecular weight is 456 g/mol. The molecule has 1 aliphatic heterocycles. The van der Waals surface area contributed by atoms with Gasteiger partial charge in [-0.25, -0.2) is 13.2 Å². The standard InChI is InChI=1S/C26H28F3N3O/c1-33-21-8-11-26-23(14-21)22(25(29)16-32-26)9-7-19-5-6-20(15-31-19)30-12-2-3-17-13-18(27)4-10-24(17)28/h2-4,8,10-11,13-14,16,19-20,30-31H,5-7,9,12,15H2,1H3. The summed E-state index contributed by atoms with van der Waals surface area (Å²) in [5.74, 6) is -0.486. The Balaban J connectivity index is 1.26. The molecule has 1 aliphatic rings. The molecule has 2 N–H and O–H groups in total. The molecule has 1 saturated heterocycles. The van der Waals surface area contributed by atoms with Crippen LogP contribution in [0.25, 0.3) is 17.0 Å². The van der Waals surface area contributed by atoms with E-state index in [4.69, 9.17) is 4.74 Å². The van der Waals surface area contributed by atoms with Crippen molar-refractivity contribution in [1.29, 1.82) is 0 Å². The molecule has 2 aromatic carbocycles. The van der Waals surface area contributed by atoms with Crippen molar-refractivity contribution in [3.05, 3.63) is 77.2 Å². The van der Waals surface area contributed by atoms with Gasteiger partial charge in [-0.05, 0) is 67.6 Å². The fourth-order valence-electron chi connectivity index (χ4n) is 4.30. The summed E-state index contributed by atoms with van der Waals surface area (Å²) in [6.07, 6.45) is 8.11. The number of rotatable bonds is 8. The summed E-state index contributed by atoms with van der Waals surface area (Å²) >= 11 is 0. The molecule has 33 heavy (non-hydrogen) atoms. The predicted molar refractivity (Wildman–Crippen MR) is 125 cm³/mol. The monoisotopic (exact) mass is 455 g/mol. The lowest BCUT2D eigenvalue weighted by Crippen LogP contribution is -2.48. The number of pyridine rings is 1. The number of methoxy groups -OCH3 is 1. The van der Waals surface area contributed by atoms with Crippen molar-refractivity contribution >= 4 is 17.0 Å². The van der Waals surface area contributed by atoms with E-state index < -0.39 is 11.6 Å². The zero-order valence-corrected chi connectivity index (χ0v) is 18.6. The number of hydrogen-bond acceptors (Lipinski definition) is 4. The van der Waals surface area contributed by atoms with Crippen LogP contribution >= 0.6 is 0 Å². The smallest absolute Gasteiger partial charge is 0.145 e. The average Bonchev–Trinajstić information content (AvgIpc) is 2.83. The van der Waals surface area contributed by atoms with Crippen LogP contribution in [0.2, 0.25) is 0 Å². The summed E-state index contributed by atoms with van der Waals surface area (Å²) in [5, 5.41) is 7.76. The summed E-state index contributed by atoms with van der Waals surface area (Å²) in [4.78, 5) is 4.19. The van der Waals surface area contributed by atoms with Crippen LogP contribution in [0.5, 0.6) is 5.75 Å². The Morgan fingerprint density at radius 1 is 1.12 bits per heavy atom. The maximum atomic E-state index is 14.5. The molecule has 4 rings (SSSR count). The third-order valence-corrected chi connectivity index (χ3v) is 6.17. The normalized spacial score (nSPS) is 18.8. The lowest BCUT2D eigenvalue weighted by atomic mass is 9.94. The second kappa shape index (κ2) is 10.8. The number of ether oxygens (including phenoxy) is 1. The Labute approximate surface area is 191 Å². The number of halogens is 3. The van der Waals surface area contributed by atoms with Gasteiger partial charge in [0, 0.05) is 36.1 Å². The van der Waals surface area contributed by atoms with E-state index in [1.54, 1.807) is 19.3 Å². The molecular formula is C26H28F3N3O. The van der Waals surface area contributed by atoms with Crippen LogP contribution in [0.1, 0.15) is 30.4 Å². The second-order valence-electron chi connectivity index (χ2n) is 8.36. The lowest BCUT2D eigenvalue weighted by Gasteiger charge is -2.30. The van der Waals surface area contributed by atoms with Crippen molar-refractivity contribution in [2.75, 3.05) is 20.2 Å². The summed E-state index contributed by atoms with van der Waals surface area (Å²) in [6, 6.07) is 9.56. The van der Waals surface area contributed by atoms with Gasteiger partial charge in [-0.2, -0.15) is 0 Å². The zero-order chi connectivity index (χ0) is 23.2. The van der Waals surface area contributed by atoms with Gasteiger partial charge in [-0.3, -0.25) is 4.98 Å². The fourth-order valence-corrected chi connectivity index (χ4v) is 4.30. The molecule has 4 nitrogen and oxygen atoms in total. The van der Waals surface area contributed by atoms with Gasteiger partial charge in [0.05, 0.1) is 18.8 Å². The van der Waals surface area contributed by atoms with Crippen molar-refractivity contribution in [2.45, 2.75) is 37.8 Å². The summed E-state index contributed by atoms with van der Waals surface area (Å²) in [5.41, 5.74) is 1.68. The van der Waals surface area contributed by atoms with E-state index in [0.29, 0.717) is 36.4 Å². The van der Waals surface area contributed by atoms with Crippen molar-refractivity contribution in [3.8, 4) is 5.75 Å². The number of fused-ring (bicyclic) bond motifs is 1. The molecule has 0 amide bonds. The molecule has 0 radical (unpaired) electrons. The summed E-state index contributed by atoms with van der Waals surface area (Å²) in [7, 11) is 1.60. The topological polar surface area (TPSA) is 46.2 Å². The largest absolute Gasteiger partial charge is 0.497 e. The van der Waals surface area contributed by atoms with Crippen molar-refractivity contribution in [1.82, 2.24) is 15.6 Å². The van der Waals surface area contributed by atoms with E-state index in [9.17, 15) is 13.2 Å². The SMILES string of the molecule is COc1ccc2ncc(F)c(CCC3CCC(NCC=Cc4cc(F)ccc4F)CN3)c2c1. The molecule has 2 atom stereocenters. The first-order valence-corrected chi connectivity index (χ1v) is 11.2. The first-order valence-electron chi connectivity index (χ1n) is 11.2. The highest BCUT2D eigenvalue weighted by Crippen LogP contribution is 2.26. The fraction of sp³-hybridized carbons (Fsp3) is 0.346. The Hall–Kier alpha value is -2.90. The molecule has 0 aliphatic carbocycles. The minimum atomic E-state index is -0.453. The Morgan fingerprint density at radius 2 is 2.00 bits per heavy atom. The van der Waals surface area contributed by atoms with E-state index >= 15 is 0 Å². The second-order valence-corrected chi connectivity index (χ2v) is 8.36. The van der Waals surface area contributed by atoms with Crippen LogP contribution in [-0.2, 0) is 6.42 Å². The van der Waals surface area contributed by atoms with Crippen LogP contribution in [-0.4, -0.2) is 37.3 Å². The number of aromatic nitrogens is 1. The number of nitrogens with zero attached hydrogens (tertiary/aromatic N) is 1. The summed E-state index contributed by atoms with van der Waals surface area (Å²) < 4.78 is 46.7. The van der Waals surface area contributed by atoms with Gasteiger partial charge in [0.25, 0.3) is 0 Å². The lowest BCUT2D eigenvalue weighted by molar-refractivity contribution is 0.320. The number of piperidine rings is 1. The highest BCUT2D eigenvalue weighted by atomic mass is 19.1. The molecule has 0 bridgehead atoms. The van der Waals surface area contributed by atoms with Crippen LogP contribution in [0, 0.1) is 17.5 Å². The van der Waals surface area contributed by atoms with Gasteiger partial charge in [0.2, 0.25) is 0 Å². The van der Waals surface area contributed by atoms with Gasteiger partial charge >= 0.3 is 0 Å². The molecule has 0 spiro atoms. The summed E-state index contributed by atoms with van der Waals surface area (Å²) in [6.45, 7) is 1.38. The molecule has 1 aromatic heterocycles. The van der Waals surface area contributed by atoms with Crippen molar-refractivity contribution < 1.29 is 17.9 Å². The van der Waals surface area contributed by atoms with E-state index in [1.165, 1.54) is 12.3 Å². The molecule has 2 heterocycles. The quantitative estimate of drug-likeness (QED) is 0.501. The Kier molecular flexibility index (Phi) is 7.62. The predicted octanol–water partition coefficient (Wildman–Crippen LogP) is 5.02.